The fraction of sp³-hybridized carbons (Fsp3) is 0.920. The van der Waals surface area contributed by atoms with Crippen molar-refractivity contribution in [1.29, 1.82) is 0 Å². The van der Waals surface area contributed by atoms with Gasteiger partial charge in [0.25, 0.3) is 0 Å². The number of rotatable bonds is 8. The Labute approximate surface area is 198 Å². The fourth-order valence-electron chi connectivity index (χ4n) is 4.69. The Balaban J connectivity index is 2.33. The minimum Gasteiger partial charge on any atom is -0.458 e. The zero-order chi connectivity index (χ0) is 25.0. The van der Waals surface area contributed by atoms with Crippen LogP contribution in [0.25, 0.3) is 0 Å². The number of ether oxygens (including phenoxy) is 6. The summed E-state index contributed by atoms with van der Waals surface area (Å²) in [7, 11) is 0. The highest BCUT2D eigenvalue weighted by Gasteiger charge is 2.50. The number of carbonyl (C=O) groups is 2. The SMILES string of the molecule is CC(=O)O[C@@H]1[C@@H](C)[C@H](C)O[C@@H](O[C@H]2[C@H](OC(C(C)C)C(C)C)OC[C@H](C)[C@@H]2C)[C@@H]1OC(C)=O. The van der Waals surface area contributed by atoms with Gasteiger partial charge in [-0.25, -0.2) is 0 Å². The van der Waals surface area contributed by atoms with Crippen molar-refractivity contribution >= 4 is 11.9 Å². The topological polar surface area (TPSA) is 89.5 Å². The maximum atomic E-state index is 11.9. The Kier molecular flexibility index (Phi) is 10.2. The molecule has 0 aromatic carbocycles. The summed E-state index contributed by atoms with van der Waals surface area (Å²) in [5.74, 6) is -0.177. The Hall–Kier alpha value is -1.22. The molecule has 0 aromatic rings. The third-order valence-electron chi connectivity index (χ3n) is 6.91. The summed E-state index contributed by atoms with van der Waals surface area (Å²) in [6.45, 7) is 19.8. The van der Waals surface area contributed by atoms with E-state index >= 15 is 0 Å². The number of hydrogen-bond acceptors (Lipinski definition) is 8. The highest BCUT2D eigenvalue weighted by Crippen LogP contribution is 2.36. The van der Waals surface area contributed by atoms with Crippen LogP contribution in [0, 0.1) is 29.6 Å². The Morgan fingerprint density at radius 3 is 1.85 bits per heavy atom. The number of carbonyl (C=O) groups excluding carboxylic acids is 2. The van der Waals surface area contributed by atoms with E-state index in [4.69, 9.17) is 28.4 Å². The number of hydrogen-bond donors (Lipinski definition) is 0. The molecule has 9 atom stereocenters. The molecular weight excluding hydrogens is 428 g/mol. The van der Waals surface area contributed by atoms with Crippen molar-refractivity contribution < 1.29 is 38.0 Å². The molecule has 0 aromatic heterocycles. The lowest BCUT2D eigenvalue weighted by Gasteiger charge is -2.47. The fourth-order valence-corrected chi connectivity index (χ4v) is 4.69. The van der Waals surface area contributed by atoms with Gasteiger partial charge in [0.15, 0.2) is 18.7 Å². The summed E-state index contributed by atoms with van der Waals surface area (Å²) in [6.07, 6.45) is -3.82. The predicted octanol–water partition coefficient (Wildman–Crippen LogP) is 3.94. The molecule has 0 amide bonds. The van der Waals surface area contributed by atoms with Crippen LogP contribution in [0.1, 0.15) is 69.2 Å². The molecule has 0 radical (unpaired) electrons. The molecule has 0 unspecified atom stereocenters. The van der Waals surface area contributed by atoms with Crippen molar-refractivity contribution in [2.75, 3.05) is 6.61 Å². The lowest BCUT2D eigenvalue weighted by molar-refractivity contribution is -0.347. The summed E-state index contributed by atoms with van der Waals surface area (Å²) in [5.41, 5.74) is 0. The maximum Gasteiger partial charge on any atom is 0.303 e. The van der Waals surface area contributed by atoms with Crippen molar-refractivity contribution in [3.63, 3.8) is 0 Å². The van der Waals surface area contributed by atoms with Crippen molar-refractivity contribution in [3.8, 4) is 0 Å². The normalized spacial score (nSPS) is 37.4. The quantitative estimate of drug-likeness (QED) is 0.491. The molecule has 2 aliphatic heterocycles. The van der Waals surface area contributed by atoms with Crippen LogP contribution in [-0.2, 0) is 38.0 Å². The molecule has 8 heteroatoms. The van der Waals surface area contributed by atoms with Crippen LogP contribution in [0.5, 0.6) is 0 Å². The standard InChI is InChI=1S/C25H44O8/c1-12(2)20(13(3)4)32-24-22(15(6)14(5)11-28-24)33-25-23(31-19(10)27)21(30-18(9)26)16(7)17(8)29-25/h12-17,20-25H,11H2,1-10H3/t14-,15-,16-,17-,21+,22+,23+,24-,25-/m0/s1. The van der Waals surface area contributed by atoms with E-state index < -0.39 is 42.8 Å². The molecule has 2 fully saturated rings. The minimum atomic E-state index is -0.923. The van der Waals surface area contributed by atoms with Gasteiger partial charge in [0.1, 0.15) is 12.2 Å². The first-order valence-corrected chi connectivity index (χ1v) is 12.3. The van der Waals surface area contributed by atoms with Gasteiger partial charge in [0.2, 0.25) is 0 Å². The first-order chi connectivity index (χ1) is 15.3. The van der Waals surface area contributed by atoms with Crippen LogP contribution in [0.3, 0.4) is 0 Å². The van der Waals surface area contributed by atoms with Gasteiger partial charge >= 0.3 is 11.9 Å². The van der Waals surface area contributed by atoms with E-state index in [1.165, 1.54) is 13.8 Å². The third-order valence-corrected chi connectivity index (χ3v) is 6.91. The van der Waals surface area contributed by atoms with Gasteiger partial charge in [-0.05, 0) is 30.6 Å². The molecule has 0 spiro atoms. The van der Waals surface area contributed by atoms with Gasteiger partial charge in [-0.2, -0.15) is 0 Å². The molecule has 2 aliphatic rings. The average molecular weight is 473 g/mol. The predicted molar refractivity (Wildman–Crippen MR) is 122 cm³/mol. The van der Waals surface area contributed by atoms with Gasteiger partial charge in [0.05, 0.1) is 18.8 Å². The molecule has 2 heterocycles. The second-order valence-electron chi connectivity index (χ2n) is 10.4. The molecule has 0 saturated carbocycles. The summed E-state index contributed by atoms with van der Waals surface area (Å²) in [6, 6.07) is 0. The van der Waals surface area contributed by atoms with Crippen molar-refractivity contribution in [3.05, 3.63) is 0 Å². The van der Waals surface area contributed by atoms with Crippen LogP contribution in [0.2, 0.25) is 0 Å². The maximum absolute atomic E-state index is 11.9. The molecule has 33 heavy (non-hydrogen) atoms. The molecular formula is C25H44O8. The largest absolute Gasteiger partial charge is 0.458 e. The van der Waals surface area contributed by atoms with Crippen LogP contribution in [-0.4, -0.2) is 61.6 Å². The van der Waals surface area contributed by atoms with E-state index in [2.05, 4.69) is 41.5 Å². The van der Waals surface area contributed by atoms with Gasteiger partial charge in [-0.3, -0.25) is 9.59 Å². The molecule has 0 N–H and O–H groups in total. The van der Waals surface area contributed by atoms with E-state index in [1.54, 1.807) is 0 Å². The van der Waals surface area contributed by atoms with E-state index in [9.17, 15) is 9.59 Å². The summed E-state index contributed by atoms with van der Waals surface area (Å²) >= 11 is 0. The second kappa shape index (κ2) is 12.0. The Morgan fingerprint density at radius 2 is 1.33 bits per heavy atom. The van der Waals surface area contributed by atoms with Crippen LogP contribution < -0.4 is 0 Å². The molecule has 0 bridgehead atoms. The smallest absolute Gasteiger partial charge is 0.303 e. The molecule has 2 rings (SSSR count). The zero-order valence-corrected chi connectivity index (χ0v) is 21.9. The lowest BCUT2D eigenvalue weighted by Crippen LogP contribution is -2.59. The first kappa shape index (κ1) is 28.0. The molecule has 8 nitrogen and oxygen atoms in total. The first-order valence-electron chi connectivity index (χ1n) is 12.3. The second-order valence-corrected chi connectivity index (χ2v) is 10.4. The van der Waals surface area contributed by atoms with Crippen molar-refractivity contribution in [1.82, 2.24) is 0 Å². The Morgan fingerprint density at radius 1 is 0.788 bits per heavy atom. The van der Waals surface area contributed by atoms with E-state index in [0.29, 0.717) is 18.4 Å². The minimum absolute atomic E-state index is 0.00835. The third kappa shape index (κ3) is 7.13. The number of esters is 2. The van der Waals surface area contributed by atoms with Gasteiger partial charge < -0.3 is 28.4 Å². The highest BCUT2D eigenvalue weighted by atomic mass is 16.8. The van der Waals surface area contributed by atoms with Crippen molar-refractivity contribution in [2.45, 2.75) is 112 Å². The summed E-state index contributed by atoms with van der Waals surface area (Å²) < 4.78 is 36.4. The van der Waals surface area contributed by atoms with Crippen molar-refractivity contribution in [2.24, 2.45) is 29.6 Å². The highest BCUT2D eigenvalue weighted by molar-refractivity contribution is 5.67. The monoisotopic (exact) mass is 472 g/mol. The zero-order valence-electron chi connectivity index (χ0n) is 21.9. The lowest BCUT2D eigenvalue weighted by atomic mass is 9.87. The van der Waals surface area contributed by atoms with Gasteiger partial charge in [-0.1, -0.05) is 48.5 Å². The summed E-state index contributed by atoms with van der Waals surface area (Å²) in [5, 5.41) is 0. The van der Waals surface area contributed by atoms with Gasteiger partial charge in [0, 0.05) is 19.8 Å². The Bertz CT molecular complexity index is 642. The van der Waals surface area contributed by atoms with E-state index in [1.807, 2.05) is 13.8 Å². The van der Waals surface area contributed by atoms with Crippen LogP contribution in [0.15, 0.2) is 0 Å². The van der Waals surface area contributed by atoms with E-state index in [-0.39, 0.29) is 30.0 Å². The summed E-state index contributed by atoms with van der Waals surface area (Å²) in [4.78, 5) is 23.7. The van der Waals surface area contributed by atoms with Gasteiger partial charge in [-0.15, -0.1) is 0 Å². The van der Waals surface area contributed by atoms with E-state index in [0.717, 1.165) is 0 Å². The van der Waals surface area contributed by atoms with Crippen LogP contribution in [0.4, 0.5) is 0 Å². The molecule has 0 aliphatic carbocycles. The average Bonchev–Trinajstić information content (AvgIpc) is 2.70. The van der Waals surface area contributed by atoms with Crippen LogP contribution >= 0.6 is 0 Å². The molecule has 2 saturated heterocycles. The molecule has 192 valence electrons.